The Morgan fingerprint density at radius 1 is 1.38 bits per heavy atom. The van der Waals surface area contributed by atoms with Crippen molar-refractivity contribution < 1.29 is 14.4 Å². The highest BCUT2D eigenvalue weighted by Gasteiger charge is 2.16. The van der Waals surface area contributed by atoms with Crippen LogP contribution in [0.3, 0.4) is 0 Å². The van der Waals surface area contributed by atoms with Crippen molar-refractivity contribution in [3.63, 3.8) is 0 Å². The van der Waals surface area contributed by atoms with Gasteiger partial charge < -0.3 is 14.2 Å². The fourth-order valence-electron chi connectivity index (χ4n) is 2.27. The van der Waals surface area contributed by atoms with E-state index in [9.17, 15) is 9.90 Å². The molecule has 0 aliphatic rings. The van der Waals surface area contributed by atoms with Gasteiger partial charge in [0.25, 0.3) is 0 Å². The Morgan fingerprint density at radius 3 is 2.81 bits per heavy atom. The van der Waals surface area contributed by atoms with Crippen LogP contribution in [-0.2, 0) is 6.54 Å². The average molecular weight is 285 g/mol. The highest BCUT2D eigenvalue weighted by Crippen LogP contribution is 2.22. The second kappa shape index (κ2) is 5.05. The van der Waals surface area contributed by atoms with Crippen LogP contribution < -0.4 is 0 Å². The first kappa shape index (κ1) is 13.4. The number of rotatable bonds is 4. The fraction of sp³-hybridized carbons (Fsp3) is 0.267. The molecule has 1 aromatic carbocycles. The van der Waals surface area contributed by atoms with Crippen LogP contribution in [0.1, 0.15) is 41.8 Å². The Labute approximate surface area is 121 Å². The van der Waals surface area contributed by atoms with Crippen molar-refractivity contribution in [2.24, 2.45) is 0 Å². The molecule has 3 rings (SSSR count). The number of para-hydroxylation sites is 1. The minimum Gasteiger partial charge on any atom is -0.478 e. The molecule has 0 saturated carbocycles. The van der Waals surface area contributed by atoms with E-state index in [4.69, 9.17) is 4.52 Å². The van der Waals surface area contributed by atoms with Gasteiger partial charge in [-0.3, -0.25) is 0 Å². The van der Waals surface area contributed by atoms with Crippen molar-refractivity contribution in [2.45, 2.75) is 26.3 Å². The summed E-state index contributed by atoms with van der Waals surface area (Å²) < 4.78 is 7.00. The van der Waals surface area contributed by atoms with E-state index < -0.39 is 5.97 Å². The summed E-state index contributed by atoms with van der Waals surface area (Å²) >= 11 is 0. The topological polar surface area (TPSA) is 81.2 Å². The molecule has 6 nitrogen and oxygen atoms in total. The predicted molar refractivity (Wildman–Crippen MR) is 76.4 cm³/mol. The van der Waals surface area contributed by atoms with Gasteiger partial charge in [0.1, 0.15) is 0 Å². The molecule has 0 radical (unpaired) electrons. The molecule has 21 heavy (non-hydrogen) atoms. The van der Waals surface area contributed by atoms with E-state index in [2.05, 4.69) is 10.1 Å². The Bertz CT molecular complexity index is 801. The van der Waals surface area contributed by atoms with Crippen LogP contribution in [-0.4, -0.2) is 25.8 Å². The number of aromatic carboxylic acids is 1. The van der Waals surface area contributed by atoms with Gasteiger partial charge in [0.05, 0.1) is 12.1 Å². The number of fused-ring (bicyclic) bond motifs is 1. The van der Waals surface area contributed by atoms with Crippen LogP contribution >= 0.6 is 0 Å². The van der Waals surface area contributed by atoms with Crippen LogP contribution in [0.2, 0.25) is 0 Å². The largest absolute Gasteiger partial charge is 0.478 e. The third kappa shape index (κ3) is 2.40. The Morgan fingerprint density at radius 2 is 2.14 bits per heavy atom. The SMILES string of the molecule is CC(C)c1nc(Cn2cc(C(=O)O)c3ccccc32)no1. The lowest BCUT2D eigenvalue weighted by Crippen LogP contribution is -2.01. The zero-order chi connectivity index (χ0) is 15.0. The number of hydrogen-bond donors (Lipinski definition) is 1. The molecule has 2 heterocycles. The summed E-state index contributed by atoms with van der Waals surface area (Å²) in [6, 6.07) is 7.38. The summed E-state index contributed by atoms with van der Waals surface area (Å²) in [6.45, 7) is 4.33. The minimum atomic E-state index is -0.944. The van der Waals surface area contributed by atoms with Gasteiger partial charge in [0.2, 0.25) is 5.89 Å². The van der Waals surface area contributed by atoms with Gasteiger partial charge in [0.15, 0.2) is 5.82 Å². The van der Waals surface area contributed by atoms with E-state index in [0.29, 0.717) is 23.6 Å². The highest BCUT2D eigenvalue weighted by molar-refractivity contribution is 6.03. The first-order valence-electron chi connectivity index (χ1n) is 6.70. The standard InChI is InChI=1S/C15H15N3O3/c1-9(2)14-16-13(17-21-14)8-18-7-11(15(19)20)10-5-3-4-6-12(10)18/h3-7,9H,8H2,1-2H3,(H,19,20). The molecular weight excluding hydrogens is 270 g/mol. The Hall–Kier alpha value is -2.63. The van der Waals surface area contributed by atoms with Gasteiger partial charge >= 0.3 is 5.97 Å². The fourth-order valence-corrected chi connectivity index (χ4v) is 2.27. The molecule has 6 heteroatoms. The molecule has 3 aromatic rings. The van der Waals surface area contributed by atoms with Gasteiger partial charge in [-0.2, -0.15) is 4.98 Å². The molecule has 0 fully saturated rings. The summed E-state index contributed by atoms with van der Waals surface area (Å²) in [5, 5.41) is 13.9. The van der Waals surface area contributed by atoms with E-state index in [1.54, 1.807) is 12.3 Å². The van der Waals surface area contributed by atoms with Gasteiger partial charge in [0, 0.05) is 23.0 Å². The number of carboxylic acid groups (broad SMARTS) is 1. The minimum absolute atomic E-state index is 0.169. The lowest BCUT2D eigenvalue weighted by molar-refractivity contribution is 0.0699. The van der Waals surface area contributed by atoms with Crippen LogP contribution in [0.5, 0.6) is 0 Å². The molecule has 0 spiro atoms. The molecule has 0 aliphatic carbocycles. The smallest absolute Gasteiger partial charge is 0.337 e. The molecule has 0 saturated heterocycles. The Balaban J connectivity index is 2.02. The maximum absolute atomic E-state index is 11.3. The number of nitrogens with zero attached hydrogens (tertiary/aromatic N) is 3. The van der Waals surface area contributed by atoms with E-state index >= 15 is 0 Å². The van der Waals surface area contributed by atoms with E-state index in [1.807, 2.05) is 36.6 Å². The molecule has 0 unspecified atom stereocenters. The molecule has 1 N–H and O–H groups in total. The predicted octanol–water partition coefficient (Wildman–Crippen LogP) is 2.89. The Kier molecular flexibility index (Phi) is 3.21. The van der Waals surface area contributed by atoms with Crippen molar-refractivity contribution in [3.05, 3.63) is 47.7 Å². The van der Waals surface area contributed by atoms with Crippen molar-refractivity contribution in [3.8, 4) is 0 Å². The monoisotopic (exact) mass is 285 g/mol. The quantitative estimate of drug-likeness (QED) is 0.797. The number of hydrogen-bond acceptors (Lipinski definition) is 4. The molecule has 0 amide bonds. The first-order valence-corrected chi connectivity index (χ1v) is 6.70. The summed E-state index contributed by atoms with van der Waals surface area (Å²) in [7, 11) is 0. The number of carboxylic acids is 1. The maximum atomic E-state index is 11.3. The van der Waals surface area contributed by atoms with E-state index in [0.717, 1.165) is 5.52 Å². The maximum Gasteiger partial charge on any atom is 0.337 e. The van der Waals surface area contributed by atoms with E-state index in [1.165, 1.54) is 0 Å². The van der Waals surface area contributed by atoms with E-state index in [-0.39, 0.29) is 11.5 Å². The summed E-state index contributed by atoms with van der Waals surface area (Å²) in [6.07, 6.45) is 1.61. The third-order valence-corrected chi connectivity index (χ3v) is 3.31. The molecule has 108 valence electrons. The van der Waals surface area contributed by atoms with Gasteiger partial charge in [-0.25, -0.2) is 4.79 Å². The molecular formula is C15H15N3O3. The molecule has 0 bridgehead atoms. The zero-order valence-corrected chi connectivity index (χ0v) is 11.8. The molecule has 0 aliphatic heterocycles. The van der Waals surface area contributed by atoms with Gasteiger partial charge in [-0.05, 0) is 6.07 Å². The average Bonchev–Trinajstić information content (AvgIpc) is 3.05. The highest BCUT2D eigenvalue weighted by atomic mass is 16.5. The molecule has 2 aromatic heterocycles. The lowest BCUT2D eigenvalue weighted by atomic mass is 10.2. The summed E-state index contributed by atoms with van der Waals surface area (Å²) in [4.78, 5) is 15.6. The summed E-state index contributed by atoms with van der Waals surface area (Å²) in [5.74, 6) is 0.347. The number of carbonyl (C=O) groups is 1. The normalized spacial score (nSPS) is 11.4. The molecule has 0 atom stereocenters. The van der Waals surface area contributed by atoms with Crippen LogP contribution in [0.15, 0.2) is 35.0 Å². The van der Waals surface area contributed by atoms with Crippen molar-refractivity contribution in [1.82, 2.24) is 14.7 Å². The summed E-state index contributed by atoms with van der Waals surface area (Å²) in [5.41, 5.74) is 1.11. The van der Waals surface area contributed by atoms with Crippen LogP contribution in [0.25, 0.3) is 10.9 Å². The number of benzene rings is 1. The van der Waals surface area contributed by atoms with Gasteiger partial charge in [-0.15, -0.1) is 0 Å². The van der Waals surface area contributed by atoms with Gasteiger partial charge in [-0.1, -0.05) is 37.2 Å². The third-order valence-electron chi connectivity index (χ3n) is 3.31. The first-order chi connectivity index (χ1) is 10.1. The second-order valence-electron chi connectivity index (χ2n) is 5.20. The lowest BCUT2D eigenvalue weighted by Gasteiger charge is -2.00. The van der Waals surface area contributed by atoms with Crippen LogP contribution in [0, 0.1) is 0 Å². The van der Waals surface area contributed by atoms with Crippen LogP contribution in [0.4, 0.5) is 0 Å². The van der Waals surface area contributed by atoms with Crippen molar-refractivity contribution >= 4 is 16.9 Å². The number of aromatic nitrogens is 3. The zero-order valence-electron chi connectivity index (χ0n) is 11.8. The van der Waals surface area contributed by atoms with Crippen molar-refractivity contribution in [1.29, 1.82) is 0 Å². The van der Waals surface area contributed by atoms with Crippen molar-refractivity contribution in [2.75, 3.05) is 0 Å². The second-order valence-corrected chi connectivity index (χ2v) is 5.20.